The van der Waals surface area contributed by atoms with Crippen LogP contribution in [0.1, 0.15) is 45.4 Å². The lowest BCUT2D eigenvalue weighted by atomic mass is 9.94. The molecule has 1 saturated carbocycles. The van der Waals surface area contributed by atoms with E-state index in [4.69, 9.17) is 9.05 Å². The Morgan fingerprint density at radius 1 is 1.20 bits per heavy atom. The van der Waals surface area contributed by atoms with Crippen LogP contribution in [0.2, 0.25) is 0 Å². The minimum Gasteiger partial charge on any atom is -0.303 e. The molecular weight excluding hydrogens is 211 g/mol. The van der Waals surface area contributed by atoms with Crippen LogP contribution in [0, 0.1) is 0 Å². The molecule has 86 valence electrons. The summed E-state index contributed by atoms with van der Waals surface area (Å²) in [6, 6.07) is 0. The van der Waals surface area contributed by atoms with E-state index in [2.05, 4.69) is 0 Å². The Balaban J connectivity index is 2.24. The van der Waals surface area contributed by atoms with Crippen LogP contribution in [0.15, 0.2) is 10.9 Å². The Labute approximate surface area is 91.4 Å². The zero-order valence-electron chi connectivity index (χ0n) is 9.33. The fourth-order valence-electron chi connectivity index (χ4n) is 2.41. The SMILES string of the molecule is CCC(=C1CCCCC1)P1(=O)OCCO1. The highest BCUT2D eigenvalue weighted by Crippen LogP contribution is 2.61. The molecule has 0 aromatic rings. The van der Waals surface area contributed by atoms with E-state index in [0.717, 1.165) is 24.6 Å². The van der Waals surface area contributed by atoms with Crippen molar-refractivity contribution >= 4 is 7.60 Å². The molecule has 15 heavy (non-hydrogen) atoms. The van der Waals surface area contributed by atoms with E-state index in [1.807, 2.05) is 6.92 Å². The molecule has 0 unspecified atom stereocenters. The van der Waals surface area contributed by atoms with Gasteiger partial charge in [0.25, 0.3) is 0 Å². The van der Waals surface area contributed by atoms with E-state index in [9.17, 15) is 4.57 Å². The summed E-state index contributed by atoms with van der Waals surface area (Å²) in [5, 5.41) is 0.972. The van der Waals surface area contributed by atoms with Gasteiger partial charge in [-0.3, -0.25) is 4.57 Å². The van der Waals surface area contributed by atoms with Gasteiger partial charge in [-0.2, -0.15) is 0 Å². The van der Waals surface area contributed by atoms with Gasteiger partial charge < -0.3 is 9.05 Å². The van der Waals surface area contributed by atoms with Crippen LogP contribution in [0.5, 0.6) is 0 Å². The topological polar surface area (TPSA) is 35.5 Å². The minimum absolute atomic E-state index is 0.480. The first kappa shape index (κ1) is 11.4. The van der Waals surface area contributed by atoms with Gasteiger partial charge >= 0.3 is 7.60 Å². The van der Waals surface area contributed by atoms with Crippen molar-refractivity contribution in [1.82, 2.24) is 0 Å². The third-order valence-corrected chi connectivity index (χ3v) is 5.48. The molecule has 2 fully saturated rings. The molecule has 0 amide bonds. The minimum atomic E-state index is -2.87. The monoisotopic (exact) mass is 230 g/mol. The fraction of sp³-hybridized carbons (Fsp3) is 0.818. The lowest BCUT2D eigenvalue weighted by molar-refractivity contribution is 0.358. The summed E-state index contributed by atoms with van der Waals surface area (Å²) in [7, 11) is -2.87. The van der Waals surface area contributed by atoms with Crippen LogP contribution in [0.25, 0.3) is 0 Å². The molecule has 1 aliphatic carbocycles. The summed E-state index contributed by atoms with van der Waals surface area (Å²) in [6.07, 6.45) is 6.70. The van der Waals surface area contributed by atoms with Crippen molar-refractivity contribution in [2.45, 2.75) is 45.4 Å². The maximum absolute atomic E-state index is 12.3. The van der Waals surface area contributed by atoms with Gasteiger partial charge in [0.05, 0.1) is 13.2 Å². The van der Waals surface area contributed by atoms with Crippen LogP contribution < -0.4 is 0 Å². The van der Waals surface area contributed by atoms with Gasteiger partial charge in [-0.25, -0.2) is 0 Å². The summed E-state index contributed by atoms with van der Waals surface area (Å²) < 4.78 is 23.0. The summed E-state index contributed by atoms with van der Waals surface area (Å²) in [4.78, 5) is 0. The van der Waals surface area contributed by atoms with Crippen molar-refractivity contribution in [3.8, 4) is 0 Å². The molecule has 0 spiro atoms. The molecule has 0 N–H and O–H groups in total. The number of hydrogen-bond acceptors (Lipinski definition) is 3. The summed E-state index contributed by atoms with van der Waals surface area (Å²) in [5.74, 6) is 0. The van der Waals surface area contributed by atoms with Gasteiger partial charge in [0.15, 0.2) is 0 Å². The molecule has 0 bridgehead atoms. The Kier molecular flexibility index (Phi) is 3.65. The van der Waals surface area contributed by atoms with Crippen molar-refractivity contribution in [3.05, 3.63) is 10.9 Å². The second-order valence-corrected chi connectivity index (χ2v) is 6.18. The van der Waals surface area contributed by atoms with Gasteiger partial charge in [-0.05, 0) is 32.1 Å². The fourth-order valence-corrected chi connectivity index (χ4v) is 4.43. The average Bonchev–Trinajstić information content (AvgIpc) is 2.68. The number of allylic oxidation sites excluding steroid dienone is 2. The maximum Gasteiger partial charge on any atom is 0.357 e. The summed E-state index contributed by atoms with van der Waals surface area (Å²) in [5.41, 5.74) is 1.34. The Morgan fingerprint density at radius 3 is 2.33 bits per heavy atom. The van der Waals surface area contributed by atoms with E-state index in [0.29, 0.717) is 13.2 Å². The lowest BCUT2D eigenvalue weighted by Gasteiger charge is -2.21. The van der Waals surface area contributed by atoms with Crippen molar-refractivity contribution in [2.24, 2.45) is 0 Å². The molecule has 1 heterocycles. The third-order valence-electron chi connectivity index (χ3n) is 3.14. The predicted molar refractivity (Wildman–Crippen MR) is 59.9 cm³/mol. The van der Waals surface area contributed by atoms with Crippen molar-refractivity contribution < 1.29 is 13.6 Å². The van der Waals surface area contributed by atoms with E-state index < -0.39 is 7.60 Å². The molecule has 0 atom stereocenters. The van der Waals surface area contributed by atoms with E-state index in [1.54, 1.807) is 0 Å². The van der Waals surface area contributed by atoms with Crippen LogP contribution in [0.4, 0.5) is 0 Å². The van der Waals surface area contributed by atoms with Crippen molar-refractivity contribution in [1.29, 1.82) is 0 Å². The molecule has 0 aromatic heterocycles. The zero-order chi connectivity index (χ0) is 10.7. The largest absolute Gasteiger partial charge is 0.357 e. The Hall–Kier alpha value is -0.110. The normalized spacial score (nSPS) is 25.5. The number of rotatable bonds is 2. The molecule has 2 rings (SSSR count). The second kappa shape index (κ2) is 4.82. The average molecular weight is 230 g/mol. The Morgan fingerprint density at radius 2 is 1.80 bits per heavy atom. The smallest absolute Gasteiger partial charge is 0.303 e. The van der Waals surface area contributed by atoms with Gasteiger partial charge in [0, 0.05) is 5.31 Å². The van der Waals surface area contributed by atoms with Crippen LogP contribution >= 0.6 is 7.60 Å². The summed E-state index contributed by atoms with van der Waals surface area (Å²) >= 11 is 0. The van der Waals surface area contributed by atoms with Crippen LogP contribution in [-0.4, -0.2) is 13.2 Å². The first-order valence-electron chi connectivity index (χ1n) is 5.87. The van der Waals surface area contributed by atoms with Gasteiger partial charge in [0.2, 0.25) is 0 Å². The van der Waals surface area contributed by atoms with Crippen LogP contribution in [-0.2, 0) is 13.6 Å². The molecule has 2 aliphatic rings. The molecular formula is C11H19O3P. The molecule has 1 aliphatic heterocycles. The second-order valence-electron chi connectivity index (χ2n) is 4.13. The highest BCUT2D eigenvalue weighted by molar-refractivity contribution is 7.58. The predicted octanol–water partition coefficient (Wildman–Crippen LogP) is 3.85. The summed E-state index contributed by atoms with van der Waals surface area (Å²) in [6.45, 7) is 3.00. The molecule has 0 radical (unpaired) electrons. The number of hydrogen-bond donors (Lipinski definition) is 0. The third kappa shape index (κ3) is 2.35. The molecule has 4 heteroatoms. The molecule has 3 nitrogen and oxygen atoms in total. The van der Waals surface area contributed by atoms with Gasteiger partial charge in [-0.1, -0.05) is 18.9 Å². The van der Waals surface area contributed by atoms with Gasteiger partial charge in [-0.15, -0.1) is 0 Å². The van der Waals surface area contributed by atoms with E-state index >= 15 is 0 Å². The van der Waals surface area contributed by atoms with Crippen molar-refractivity contribution in [2.75, 3.05) is 13.2 Å². The van der Waals surface area contributed by atoms with Crippen molar-refractivity contribution in [3.63, 3.8) is 0 Å². The lowest BCUT2D eigenvalue weighted by Crippen LogP contribution is -2.00. The maximum atomic E-state index is 12.3. The van der Waals surface area contributed by atoms with E-state index in [-0.39, 0.29) is 0 Å². The van der Waals surface area contributed by atoms with Gasteiger partial charge in [0.1, 0.15) is 0 Å². The zero-order valence-corrected chi connectivity index (χ0v) is 10.2. The standard InChI is InChI=1S/C11H19O3P/c1-2-11(10-6-4-3-5-7-10)15(12)13-8-9-14-15/h2-9H2,1H3. The molecule has 0 aromatic carbocycles. The molecule has 1 saturated heterocycles. The Bertz CT molecular complexity index is 291. The van der Waals surface area contributed by atoms with Crippen LogP contribution in [0.3, 0.4) is 0 Å². The highest BCUT2D eigenvalue weighted by Gasteiger charge is 2.35. The first-order chi connectivity index (χ1) is 7.26. The quantitative estimate of drug-likeness (QED) is 0.676. The van der Waals surface area contributed by atoms with E-state index in [1.165, 1.54) is 24.8 Å². The first-order valence-corrected chi connectivity index (χ1v) is 7.41. The highest BCUT2D eigenvalue weighted by atomic mass is 31.2.